The van der Waals surface area contributed by atoms with Crippen LogP contribution in [0.3, 0.4) is 0 Å². The van der Waals surface area contributed by atoms with E-state index in [0.29, 0.717) is 30.1 Å². The fourth-order valence-electron chi connectivity index (χ4n) is 1.47. The summed E-state index contributed by atoms with van der Waals surface area (Å²) < 4.78 is 0. The SMILES string of the molecule is NCc1nc(C(=O)NCC2(C(=O)O)CC2)cs1. The minimum Gasteiger partial charge on any atom is -0.481 e. The number of nitrogens with zero attached hydrogens (tertiary/aromatic N) is 1. The zero-order chi connectivity index (χ0) is 12.5. The maximum absolute atomic E-state index is 11.7. The third-order valence-corrected chi connectivity index (χ3v) is 3.72. The number of amides is 1. The largest absolute Gasteiger partial charge is 0.481 e. The van der Waals surface area contributed by atoms with Gasteiger partial charge in [0.05, 0.1) is 5.41 Å². The molecule has 17 heavy (non-hydrogen) atoms. The van der Waals surface area contributed by atoms with Crippen molar-refractivity contribution in [3.05, 3.63) is 16.1 Å². The Morgan fingerprint density at radius 1 is 1.59 bits per heavy atom. The first kappa shape index (κ1) is 12.0. The van der Waals surface area contributed by atoms with Gasteiger partial charge in [-0.05, 0) is 12.8 Å². The zero-order valence-electron chi connectivity index (χ0n) is 9.10. The Labute approximate surface area is 102 Å². The number of aliphatic carboxylic acids is 1. The van der Waals surface area contributed by atoms with E-state index in [0.717, 1.165) is 0 Å². The topological polar surface area (TPSA) is 105 Å². The molecular weight excluding hydrogens is 242 g/mol. The molecule has 2 rings (SSSR count). The number of nitrogens with one attached hydrogen (secondary N) is 1. The van der Waals surface area contributed by atoms with Gasteiger partial charge < -0.3 is 16.2 Å². The number of carboxylic acids is 1. The van der Waals surface area contributed by atoms with Crippen LogP contribution in [0, 0.1) is 5.41 Å². The van der Waals surface area contributed by atoms with Crippen molar-refractivity contribution >= 4 is 23.2 Å². The molecule has 0 spiro atoms. The van der Waals surface area contributed by atoms with Crippen LogP contribution in [-0.4, -0.2) is 28.5 Å². The number of carbonyl (C=O) groups excluding carboxylic acids is 1. The molecule has 0 saturated heterocycles. The predicted octanol–water partition coefficient (Wildman–Crippen LogP) is 0.196. The Morgan fingerprint density at radius 3 is 2.76 bits per heavy atom. The smallest absolute Gasteiger partial charge is 0.311 e. The summed E-state index contributed by atoms with van der Waals surface area (Å²) in [4.78, 5) is 26.6. The average molecular weight is 255 g/mol. The molecule has 0 unspecified atom stereocenters. The lowest BCUT2D eigenvalue weighted by Gasteiger charge is -2.09. The quantitative estimate of drug-likeness (QED) is 0.697. The van der Waals surface area contributed by atoms with Crippen LogP contribution < -0.4 is 11.1 Å². The van der Waals surface area contributed by atoms with Crippen LogP contribution in [0.5, 0.6) is 0 Å². The molecule has 1 fully saturated rings. The number of rotatable bonds is 5. The molecule has 6 nitrogen and oxygen atoms in total. The van der Waals surface area contributed by atoms with E-state index in [1.807, 2.05) is 0 Å². The first-order valence-corrected chi connectivity index (χ1v) is 6.11. The van der Waals surface area contributed by atoms with Crippen molar-refractivity contribution in [3.63, 3.8) is 0 Å². The number of aromatic nitrogens is 1. The Bertz CT molecular complexity index is 453. The van der Waals surface area contributed by atoms with Gasteiger partial charge in [0.1, 0.15) is 10.7 Å². The number of hydrogen-bond acceptors (Lipinski definition) is 5. The highest BCUT2D eigenvalue weighted by Gasteiger charge is 2.50. The molecule has 4 N–H and O–H groups in total. The monoisotopic (exact) mass is 255 g/mol. The molecule has 92 valence electrons. The van der Waals surface area contributed by atoms with E-state index >= 15 is 0 Å². The molecule has 0 atom stereocenters. The van der Waals surface area contributed by atoms with Crippen molar-refractivity contribution in [2.45, 2.75) is 19.4 Å². The highest BCUT2D eigenvalue weighted by molar-refractivity contribution is 7.09. The van der Waals surface area contributed by atoms with Gasteiger partial charge in [0.15, 0.2) is 0 Å². The number of hydrogen-bond donors (Lipinski definition) is 3. The van der Waals surface area contributed by atoms with Gasteiger partial charge in [-0.1, -0.05) is 0 Å². The Balaban J connectivity index is 1.91. The minimum absolute atomic E-state index is 0.163. The predicted molar refractivity (Wildman–Crippen MR) is 61.6 cm³/mol. The maximum Gasteiger partial charge on any atom is 0.311 e. The van der Waals surface area contributed by atoms with Crippen LogP contribution in [0.4, 0.5) is 0 Å². The summed E-state index contributed by atoms with van der Waals surface area (Å²) in [6.07, 6.45) is 1.24. The van der Waals surface area contributed by atoms with Crippen molar-refractivity contribution in [1.29, 1.82) is 0 Å². The van der Waals surface area contributed by atoms with Crippen LogP contribution in [0.1, 0.15) is 28.3 Å². The molecule has 1 saturated carbocycles. The summed E-state index contributed by atoms with van der Waals surface area (Å²) >= 11 is 1.32. The summed E-state index contributed by atoms with van der Waals surface area (Å²) in [6.45, 7) is 0.466. The third kappa shape index (κ3) is 2.45. The van der Waals surface area contributed by atoms with Crippen LogP contribution in [0.2, 0.25) is 0 Å². The molecule has 1 aromatic heterocycles. The van der Waals surface area contributed by atoms with E-state index in [1.54, 1.807) is 5.38 Å². The summed E-state index contributed by atoms with van der Waals surface area (Å²) in [5.41, 5.74) is 4.95. The van der Waals surface area contributed by atoms with Gasteiger partial charge >= 0.3 is 5.97 Å². The summed E-state index contributed by atoms with van der Waals surface area (Å²) in [5.74, 6) is -1.19. The van der Waals surface area contributed by atoms with E-state index in [9.17, 15) is 9.59 Å². The summed E-state index contributed by atoms with van der Waals surface area (Å²) in [6, 6.07) is 0. The van der Waals surface area contributed by atoms with Crippen LogP contribution in [0.15, 0.2) is 5.38 Å². The molecule has 1 aromatic rings. The fraction of sp³-hybridized carbons (Fsp3) is 0.500. The van der Waals surface area contributed by atoms with E-state index < -0.39 is 11.4 Å². The third-order valence-electron chi connectivity index (χ3n) is 2.85. The molecular formula is C10H13N3O3S. The number of carbonyl (C=O) groups is 2. The number of nitrogens with two attached hydrogens (primary N) is 1. The fourth-order valence-corrected chi connectivity index (χ4v) is 2.12. The molecule has 1 aliphatic rings. The molecule has 1 amide bonds. The van der Waals surface area contributed by atoms with Gasteiger partial charge in [-0.2, -0.15) is 0 Å². The first-order valence-electron chi connectivity index (χ1n) is 5.23. The number of carboxylic acid groups (broad SMARTS) is 1. The Hall–Kier alpha value is -1.47. The second-order valence-electron chi connectivity index (χ2n) is 4.10. The second kappa shape index (κ2) is 4.42. The van der Waals surface area contributed by atoms with Crippen molar-refractivity contribution in [1.82, 2.24) is 10.3 Å². The van der Waals surface area contributed by atoms with Crippen LogP contribution in [-0.2, 0) is 11.3 Å². The highest BCUT2D eigenvalue weighted by atomic mass is 32.1. The summed E-state index contributed by atoms with van der Waals surface area (Å²) in [7, 11) is 0. The van der Waals surface area contributed by atoms with Gasteiger partial charge in [0, 0.05) is 18.5 Å². The van der Waals surface area contributed by atoms with Gasteiger partial charge in [-0.25, -0.2) is 4.98 Å². The second-order valence-corrected chi connectivity index (χ2v) is 5.04. The molecule has 0 aliphatic heterocycles. The lowest BCUT2D eigenvalue weighted by Crippen LogP contribution is -2.34. The van der Waals surface area contributed by atoms with Gasteiger partial charge in [0.25, 0.3) is 5.91 Å². The maximum atomic E-state index is 11.7. The lowest BCUT2D eigenvalue weighted by molar-refractivity contribution is -0.143. The van der Waals surface area contributed by atoms with Crippen molar-refractivity contribution in [2.24, 2.45) is 11.1 Å². The Kier molecular flexibility index (Phi) is 3.12. The highest BCUT2D eigenvalue weighted by Crippen LogP contribution is 2.45. The minimum atomic E-state index is -0.848. The van der Waals surface area contributed by atoms with Crippen LogP contribution >= 0.6 is 11.3 Å². The lowest BCUT2D eigenvalue weighted by atomic mass is 10.1. The molecule has 0 aromatic carbocycles. The normalized spacial score (nSPS) is 16.5. The van der Waals surface area contributed by atoms with E-state index in [1.165, 1.54) is 11.3 Å². The molecule has 1 aliphatic carbocycles. The zero-order valence-corrected chi connectivity index (χ0v) is 9.92. The molecule has 0 bridgehead atoms. The number of thiazole rings is 1. The van der Waals surface area contributed by atoms with Crippen LogP contribution in [0.25, 0.3) is 0 Å². The molecule has 7 heteroatoms. The van der Waals surface area contributed by atoms with E-state index in [4.69, 9.17) is 10.8 Å². The van der Waals surface area contributed by atoms with Gasteiger partial charge in [-0.15, -0.1) is 11.3 Å². The average Bonchev–Trinajstić information content (AvgIpc) is 2.96. The van der Waals surface area contributed by atoms with Crippen molar-refractivity contribution < 1.29 is 14.7 Å². The van der Waals surface area contributed by atoms with Crippen molar-refractivity contribution in [2.75, 3.05) is 6.54 Å². The van der Waals surface area contributed by atoms with E-state index in [-0.39, 0.29) is 12.5 Å². The van der Waals surface area contributed by atoms with Crippen molar-refractivity contribution in [3.8, 4) is 0 Å². The Morgan fingerprint density at radius 2 is 2.29 bits per heavy atom. The molecule has 1 heterocycles. The molecule has 0 radical (unpaired) electrons. The van der Waals surface area contributed by atoms with E-state index in [2.05, 4.69) is 10.3 Å². The van der Waals surface area contributed by atoms with Gasteiger partial charge in [-0.3, -0.25) is 9.59 Å². The summed E-state index contributed by atoms with van der Waals surface area (Å²) in [5, 5.41) is 13.9. The van der Waals surface area contributed by atoms with Gasteiger partial charge in [0.2, 0.25) is 0 Å². The standard InChI is InChI=1S/C10H13N3O3S/c11-3-7-13-6(4-17-7)8(14)12-5-10(1-2-10)9(15)16/h4H,1-3,5,11H2,(H,12,14)(H,15,16). The first-order chi connectivity index (χ1) is 8.07.